The number of rotatable bonds is 4. The predicted octanol–water partition coefficient (Wildman–Crippen LogP) is 3.72. The van der Waals surface area contributed by atoms with Crippen LogP contribution in [0.15, 0.2) is 42.5 Å². The van der Waals surface area contributed by atoms with Crippen LogP contribution in [0.25, 0.3) is 0 Å². The molecular formula is C24H26F3N3O3. The topological polar surface area (TPSA) is 53.1 Å². The van der Waals surface area contributed by atoms with Crippen molar-refractivity contribution in [3.8, 4) is 5.75 Å². The third-order valence-corrected chi connectivity index (χ3v) is 6.23. The Kier molecular flexibility index (Phi) is 6.23. The van der Waals surface area contributed by atoms with Gasteiger partial charge >= 0.3 is 6.18 Å². The lowest BCUT2D eigenvalue weighted by molar-refractivity contribution is -0.137. The van der Waals surface area contributed by atoms with Gasteiger partial charge in [0.2, 0.25) is 11.8 Å². The molecule has 2 fully saturated rings. The Balaban J connectivity index is 1.40. The van der Waals surface area contributed by atoms with E-state index in [9.17, 15) is 22.8 Å². The van der Waals surface area contributed by atoms with Crippen LogP contribution in [-0.2, 0) is 15.8 Å². The van der Waals surface area contributed by atoms with Crippen molar-refractivity contribution in [3.63, 3.8) is 0 Å². The lowest BCUT2D eigenvalue weighted by atomic mass is 10.1. The van der Waals surface area contributed by atoms with E-state index in [1.807, 2.05) is 24.0 Å². The van der Waals surface area contributed by atoms with Gasteiger partial charge in [0.15, 0.2) is 0 Å². The lowest BCUT2D eigenvalue weighted by Crippen LogP contribution is -2.50. The maximum absolute atomic E-state index is 13.1. The molecule has 0 saturated carbocycles. The van der Waals surface area contributed by atoms with Gasteiger partial charge in [0.25, 0.3) is 0 Å². The number of aryl methyl sites for hydroxylation is 1. The summed E-state index contributed by atoms with van der Waals surface area (Å²) in [6.45, 7) is 3.87. The minimum Gasteiger partial charge on any atom is -0.495 e. The zero-order valence-corrected chi connectivity index (χ0v) is 18.6. The van der Waals surface area contributed by atoms with Crippen molar-refractivity contribution in [1.29, 1.82) is 0 Å². The second-order valence-electron chi connectivity index (χ2n) is 8.44. The number of anilines is 2. The minimum atomic E-state index is -4.39. The fraction of sp³-hybridized carbons (Fsp3) is 0.417. The summed E-state index contributed by atoms with van der Waals surface area (Å²) in [5.41, 5.74) is 1.45. The SMILES string of the molecule is COc1ccc(C)cc1N1CC(C(=O)N2CCN(c3cccc(C(F)(F)F)c3)CC2)CC1=O. The smallest absolute Gasteiger partial charge is 0.416 e. The number of alkyl halides is 3. The molecule has 0 spiro atoms. The summed E-state index contributed by atoms with van der Waals surface area (Å²) >= 11 is 0. The number of piperazine rings is 1. The maximum atomic E-state index is 13.1. The molecule has 1 atom stereocenters. The van der Waals surface area contributed by atoms with E-state index in [-0.39, 0.29) is 24.8 Å². The van der Waals surface area contributed by atoms with Crippen molar-refractivity contribution in [3.05, 3.63) is 53.6 Å². The summed E-state index contributed by atoms with van der Waals surface area (Å²) in [5, 5.41) is 0. The number of ether oxygens (including phenoxy) is 1. The number of carbonyl (C=O) groups excluding carboxylic acids is 2. The minimum absolute atomic E-state index is 0.0961. The Bertz CT molecular complexity index is 1050. The zero-order valence-electron chi connectivity index (χ0n) is 18.6. The van der Waals surface area contributed by atoms with Gasteiger partial charge in [0.05, 0.1) is 24.3 Å². The Morgan fingerprint density at radius 3 is 2.45 bits per heavy atom. The van der Waals surface area contributed by atoms with E-state index in [1.54, 1.807) is 29.0 Å². The summed E-state index contributed by atoms with van der Waals surface area (Å²) < 4.78 is 44.5. The summed E-state index contributed by atoms with van der Waals surface area (Å²) in [5.74, 6) is -0.0967. The van der Waals surface area contributed by atoms with Crippen LogP contribution in [0, 0.1) is 12.8 Å². The van der Waals surface area contributed by atoms with Crippen LogP contribution < -0.4 is 14.5 Å². The van der Waals surface area contributed by atoms with Crippen molar-refractivity contribution in [2.45, 2.75) is 19.5 Å². The molecule has 33 heavy (non-hydrogen) atoms. The average molecular weight is 461 g/mol. The molecule has 176 valence electrons. The molecule has 0 N–H and O–H groups in total. The Morgan fingerprint density at radius 2 is 1.79 bits per heavy atom. The van der Waals surface area contributed by atoms with Crippen LogP contribution in [0.5, 0.6) is 5.75 Å². The second-order valence-corrected chi connectivity index (χ2v) is 8.44. The first-order valence-electron chi connectivity index (χ1n) is 10.8. The third kappa shape index (κ3) is 4.77. The fourth-order valence-electron chi connectivity index (χ4n) is 4.44. The molecule has 2 aromatic rings. The Labute approximate surface area is 190 Å². The molecule has 2 amide bonds. The predicted molar refractivity (Wildman–Crippen MR) is 118 cm³/mol. The largest absolute Gasteiger partial charge is 0.495 e. The van der Waals surface area contributed by atoms with E-state index >= 15 is 0 Å². The van der Waals surface area contributed by atoms with Gasteiger partial charge in [-0.05, 0) is 42.8 Å². The highest BCUT2D eigenvalue weighted by Crippen LogP contribution is 2.35. The molecule has 0 aromatic heterocycles. The molecule has 4 rings (SSSR count). The van der Waals surface area contributed by atoms with Gasteiger partial charge in [-0.15, -0.1) is 0 Å². The van der Waals surface area contributed by atoms with Gasteiger partial charge in [-0.25, -0.2) is 0 Å². The number of carbonyl (C=O) groups is 2. The number of halogens is 3. The number of methoxy groups -OCH3 is 1. The fourth-order valence-corrected chi connectivity index (χ4v) is 4.44. The first-order chi connectivity index (χ1) is 15.7. The first kappa shape index (κ1) is 22.9. The molecule has 6 nitrogen and oxygen atoms in total. The van der Waals surface area contributed by atoms with Gasteiger partial charge in [-0.3, -0.25) is 9.59 Å². The van der Waals surface area contributed by atoms with E-state index < -0.39 is 17.7 Å². The number of hydrogen-bond acceptors (Lipinski definition) is 4. The van der Waals surface area contributed by atoms with Crippen molar-refractivity contribution in [2.24, 2.45) is 5.92 Å². The van der Waals surface area contributed by atoms with Crippen LogP contribution in [-0.4, -0.2) is 56.5 Å². The summed E-state index contributed by atoms with van der Waals surface area (Å²) in [7, 11) is 1.54. The van der Waals surface area contributed by atoms with Crippen LogP contribution >= 0.6 is 0 Å². The average Bonchev–Trinajstić information content (AvgIpc) is 3.19. The Morgan fingerprint density at radius 1 is 1.06 bits per heavy atom. The first-order valence-corrected chi connectivity index (χ1v) is 10.8. The molecule has 0 aliphatic carbocycles. The van der Waals surface area contributed by atoms with Crippen LogP contribution in [0.1, 0.15) is 17.5 Å². The van der Waals surface area contributed by atoms with Gasteiger partial charge in [-0.1, -0.05) is 12.1 Å². The number of hydrogen-bond donors (Lipinski definition) is 0. The monoisotopic (exact) mass is 461 g/mol. The van der Waals surface area contributed by atoms with E-state index in [0.29, 0.717) is 43.3 Å². The molecule has 2 aliphatic rings. The molecule has 2 aromatic carbocycles. The molecular weight excluding hydrogens is 435 g/mol. The van der Waals surface area contributed by atoms with Gasteiger partial charge in [0.1, 0.15) is 5.75 Å². The highest BCUT2D eigenvalue weighted by molar-refractivity contribution is 6.01. The summed E-state index contributed by atoms with van der Waals surface area (Å²) in [6, 6.07) is 10.8. The quantitative estimate of drug-likeness (QED) is 0.697. The van der Waals surface area contributed by atoms with Crippen LogP contribution in [0.2, 0.25) is 0 Å². The van der Waals surface area contributed by atoms with Crippen LogP contribution in [0.3, 0.4) is 0 Å². The van der Waals surface area contributed by atoms with Crippen molar-refractivity contribution in [1.82, 2.24) is 4.90 Å². The summed E-state index contributed by atoms with van der Waals surface area (Å²) in [6.07, 6.45) is -4.27. The summed E-state index contributed by atoms with van der Waals surface area (Å²) in [4.78, 5) is 31.0. The van der Waals surface area contributed by atoms with Gasteiger partial charge in [0, 0.05) is 44.8 Å². The highest BCUT2D eigenvalue weighted by Gasteiger charge is 2.39. The molecule has 1 unspecified atom stereocenters. The van der Waals surface area contributed by atoms with Crippen molar-refractivity contribution in [2.75, 3.05) is 49.6 Å². The normalized spacial score (nSPS) is 19.2. The number of benzene rings is 2. The van der Waals surface area contributed by atoms with Crippen LogP contribution in [0.4, 0.5) is 24.5 Å². The molecule has 0 radical (unpaired) electrons. The number of amides is 2. The molecule has 9 heteroatoms. The molecule has 2 saturated heterocycles. The van der Waals surface area contributed by atoms with Gasteiger partial charge in [-0.2, -0.15) is 13.2 Å². The molecule has 2 aliphatic heterocycles. The van der Waals surface area contributed by atoms with E-state index in [0.717, 1.165) is 17.7 Å². The van der Waals surface area contributed by atoms with E-state index in [1.165, 1.54) is 6.07 Å². The second kappa shape index (κ2) is 8.96. The van der Waals surface area contributed by atoms with Crippen molar-refractivity contribution >= 4 is 23.2 Å². The van der Waals surface area contributed by atoms with E-state index in [4.69, 9.17) is 4.74 Å². The Hall–Kier alpha value is -3.23. The van der Waals surface area contributed by atoms with Gasteiger partial charge < -0.3 is 19.4 Å². The van der Waals surface area contributed by atoms with E-state index in [2.05, 4.69) is 0 Å². The lowest BCUT2D eigenvalue weighted by Gasteiger charge is -2.37. The standard InChI is InChI=1S/C24H26F3N3O3/c1-16-6-7-21(33-2)20(12-16)30-15-17(13-22(30)31)23(32)29-10-8-28(9-11-29)19-5-3-4-18(14-19)24(25,26)27/h3-7,12,14,17H,8-11,13,15H2,1-2H3. The van der Waals surface area contributed by atoms with Crippen molar-refractivity contribution < 1.29 is 27.5 Å². The maximum Gasteiger partial charge on any atom is 0.416 e. The zero-order chi connectivity index (χ0) is 23.8. The third-order valence-electron chi connectivity index (χ3n) is 6.23. The highest BCUT2D eigenvalue weighted by atomic mass is 19.4. The molecule has 2 heterocycles. The molecule has 0 bridgehead atoms. The number of nitrogens with zero attached hydrogens (tertiary/aromatic N) is 3.